The Morgan fingerprint density at radius 1 is 1.08 bits per heavy atom. The van der Waals surface area contributed by atoms with Gasteiger partial charge in [0, 0.05) is 17.3 Å². The van der Waals surface area contributed by atoms with Gasteiger partial charge in [-0.1, -0.05) is 17.7 Å². The first-order valence-electron chi connectivity index (χ1n) is 7.06. The van der Waals surface area contributed by atoms with Crippen LogP contribution in [0, 0.1) is 0 Å². The van der Waals surface area contributed by atoms with Gasteiger partial charge in [-0.3, -0.25) is 9.03 Å². The average Bonchev–Trinajstić information content (AvgIpc) is 2.90. The molecule has 128 valence electrons. The zero-order chi connectivity index (χ0) is 17.5. The Morgan fingerprint density at radius 3 is 2.50 bits per heavy atom. The number of fused-ring (bicyclic) bond motifs is 1. The topological polar surface area (TPSA) is 83.6 Å². The fraction of sp³-hybridized carbons (Fsp3) is 0.200. The summed E-state index contributed by atoms with van der Waals surface area (Å²) >= 11 is 5.83. The van der Waals surface area contributed by atoms with E-state index in [0.717, 1.165) is 11.8 Å². The Kier molecular flexibility index (Phi) is 4.23. The van der Waals surface area contributed by atoms with Crippen LogP contribution in [0.15, 0.2) is 47.4 Å². The van der Waals surface area contributed by atoms with Crippen LogP contribution in [0.25, 0.3) is 0 Å². The molecule has 2 aromatic carbocycles. The summed E-state index contributed by atoms with van der Waals surface area (Å²) in [7, 11) is -7.09. The lowest BCUT2D eigenvalue weighted by atomic mass is 10.1. The highest BCUT2D eigenvalue weighted by Gasteiger charge is 2.26. The third-order valence-corrected chi connectivity index (χ3v) is 6.49. The maximum atomic E-state index is 12.4. The summed E-state index contributed by atoms with van der Waals surface area (Å²) in [6.07, 6.45) is 1.69. The number of benzene rings is 2. The van der Waals surface area contributed by atoms with Crippen LogP contribution in [0.2, 0.25) is 5.02 Å². The number of nitrogens with zero attached hydrogens (tertiary/aromatic N) is 1. The molecule has 1 heterocycles. The molecule has 1 aliphatic rings. The molecule has 0 unspecified atom stereocenters. The number of hydrogen-bond donors (Lipinski definition) is 1. The smallest absolute Gasteiger partial charge is 0.261 e. The summed E-state index contributed by atoms with van der Waals surface area (Å²) in [6, 6.07) is 10.8. The third-order valence-electron chi connectivity index (χ3n) is 3.69. The molecule has 0 aliphatic carbocycles. The van der Waals surface area contributed by atoms with Gasteiger partial charge in [0.25, 0.3) is 10.0 Å². The highest BCUT2D eigenvalue weighted by atomic mass is 35.5. The SMILES string of the molecule is CS(=O)(=O)N1CCc2cc(NS(=O)(=O)c3cccc(Cl)c3)ccc21. The van der Waals surface area contributed by atoms with Crippen molar-refractivity contribution < 1.29 is 16.8 Å². The highest BCUT2D eigenvalue weighted by molar-refractivity contribution is 7.92. The van der Waals surface area contributed by atoms with Crippen molar-refractivity contribution in [3.05, 3.63) is 53.1 Å². The molecule has 0 radical (unpaired) electrons. The molecule has 9 heteroatoms. The van der Waals surface area contributed by atoms with Crippen molar-refractivity contribution >= 4 is 43.0 Å². The number of halogens is 1. The van der Waals surface area contributed by atoms with E-state index >= 15 is 0 Å². The van der Waals surface area contributed by atoms with Gasteiger partial charge in [0.2, 0.25) is 10.0 Å². The van der Waals surface area contributed by atoms with Crippen LogP contribution in [-0.4, -0.2) is 29.6 Å². The summed E-state index contributed by atoms with van der Waals surface area (Å²) < 4.78 is 52.1. The molecular formula is C15H15ClN2O4S2. The predicted octanol–water partition coefficient (Wildman–Crippen LogP) is 2.46. The van der Waals surface area contributed by atoms with Crippen molar-refractivity contribution in [1.29, 1.82) is 0 Å². The maximum absolute atomic E-state index is 12.4. The molecule has 3 rings (SSSR count). The van der Waals surface area contributed by atoms with Gasteiger partial charge in [-0.25, -0.2) is 16.8 Å². The largest absolute Gasteiger partial charge is 0.280 e. The summed E-state index contributed by atoms with van der Waals surface area (Å²) in [5.41, 5.74) is 1.75. The number of rotatable bonds is 4. The number of sulfonamides is 2. The highest BCUT2D eigenvalue weighted by Crippen LogP contribution is 2.32. The number of anilines is 2. The van der Waals surface area contributed by atoms with Gasteiger partial charge in [-0.15, -0.1) is 0 Å². The zero-order valence-corrected chi connectivity index (χ0v) is 15.1. The second-order valence-corrected chi connectivity index (χ2v) is 9.52. The second-order valence-electron chi connectivity index (χ2n) is 5.49. The summed E-state index contributed by atoms with van der Waals surface area (Å²) in [5, 5.41) is 0.329. The lowest BCUT2D eigenvalue weighted by Crippen LogP contribution is -2.27. The average molecular weight is 387 g/mol. The molecule has 1 aliphatic heterocycles. The predicted molar refractivity (Wildman–Crippen MR) is 94.6 cm³/mol. The molecule has 0 spiro atoms. The molecule has 6 nitrogen and oxygen atoms in total. The van der Waals surface area contributed by atoms with Crippen molar-refractivity contribution in [2.24, 2.45) is 0 Å². The minimum atomic E-state index is -3.76. The van der Waals surface area contributed by atoms with E-state index in [4.69, 9.17) is 11.6 Å². The van der Waals surface area contributed by atoms with E-state index in [2.05, 4.69) is 4.72 Å². The van der Waals surface area contributed by atoms with Crippen molar-refractivity contribution in [3.8, 4) is 0 Å². The molecular weight excluding hydrogens is 372 g/mol. The summed E-state index contributed by atoms with van der Waals surface area (Å²) in [6.45, 7) is 0.360. The minimum Gasteiger partial charge on any atom is -0.280 e. The van der Waals surface area contributed by atoms with Crippen LogP contribution in [0.5, 0.6) is 0 Å². The molecule has 24 heavy (non-hydrogen) atoms. The van der Waals surface area contributed by atoms with E-state index in [-0.39, 0.29) is 4.90 Å². The monoisotopic (exact) mass is 386 g/mol. The number of nitrogens with one attached hydrogen (secondary N) is 1. The Bertz CT molecular complexity index is 1000. The minimum absolute atomic E-state index is 0.0632. The second kappa shape index (κ2) is 5.94. The Balaban J connectivity index is 1.90. The van der Waals surface area contributed by atoms with Crippen molar-refractivity contribution in [3.63, 3.8) is 0 Å². The van der Waals surface area contributed by atoms with Crippen LogP contribution in [-0.2, 0) is 26.5 Å². The molecule has 0 amide bonds. The van der Waals surface area contributed by atoms with Crippen LogP contribution in [0.3, 0.4) is 0 Å². The molecule has 0 atom stereocenters. The first-order chi connectivity index (χ1) is 11.2. The zero-order valence-electron chi connectivity index (χ0n) is 12.7. The summed E-state index contributed by atoms with van der Waals surface area (Å²) in [5.74, 6) is 0. The molecule has 0 saturated carbocycles. The quantitative estimate of drug-likeness (QED) is 0.874. The van der Waals surface area contributed by atoms with Gasteiger partial charge in [-0.05, 0) is 48.4 Å². The Hall–Kier alpha value is -1.77. The van der Waals surface area contributed by atoms with Crippen molar-refractivity contribution in [2.75, 3.05) is 21.8 Å². The van der Waals surface area contributed by atoms with Crippen LogP contribution in [0.1, 0.15) is 5.56 Å². The van der Waals surface area contributed by atoms with Gasteiger partial charge >= 0.3 is 0 Å². The molecule has 1 N–H and O–H groups in total. The van der Waals surface area contributed by atoms with Gasteiger partial charge in [-0.2, -0.15) is 0 Å². The normalized spacial score (nSPS) is 14.5. The van der Waals surface area contributed by atoms with Crippen LogP contribution >= 0.6 is 11.6 Å². The lowest BCUT2D eigenvalue weighted by molar-refractivity contribution is 0.597. The van der Waals surface area contributed by atoms with Gasteiger partial charge in [0.1, 0.15) is 0 Å². The molecule has 0 bridgehead atoms. The van der Waals surface area contributed by atoms with Crippen molar-refractivity contribution in [1.82, 2.24) is 0 Å². The fourth-order valence-electron chi connectivity index (χ4n) is 2.63. The molecule has 0 saturated heterocycles. The van der Waals surface area contributed by atoms with Gasteiger partial charge in [0.15, 0.2) is 0 Å². The Labute approximate surface area is 146 Å². The van der Waals surface area contributed by atoms with E-state index in [1.807, 2.05) is 0 Å². The van der Waals surface area contributed by atoms with Gasteiger partial charge < -0.3 is 0 Å². The molecule has 0 aromatic heterocycles. The lowest BCUT2D eigenvalue weighted by Gasteiger charge is -2.16. The van der Waals surface area contributed by atoms with Crippen molar-refractivity contribution in [2.45, 2.75) is 11.3 Å². The third kappa shape index (κ3) is 3.35. The molecule has 0 fully saturated rings. The first kappa shape index (κ1) is 17.1. The summed E-state index contributed by atoms with van der Waals surface area (Å²) in [4.78, 5) is 0.0632. The van der Waals surface area contributed by atoms with Crippen LogP contribution in [0.4, 0.5) is 11.4 Å². The maximum Gasteiger partial charge on any atom is 0.261 e. The first-order valence-corrected chi connectivity index (χ1v) is 10.8. The van der Waals surface area contributed by atoms with E-state index < -0.39 is 20.0 Å². The van der Waals surface area contributed by atoms with Crippen LogP contribution < -0.4 is 9.03 Å². The molecule has 2 aromatic rings. The van der Waals surface area contributed by atoms with Gasteiger partial charge in [0.05, 0.1) is 16.8 Å². The Morgan fingerprint density at radius 2 is 1.83 bits per heavy atom. The van der Waals surface area contributed by atoms with E-state index in [1.54, 1.807) is 30.3 Å². The number of hydrogen-bond acceptors (Lipinski definition) is 4. The van der Waals surface area contributed by atoms with E-state index in [0.29, 0.717) is 29.4 Å². The fourth-order valence-corrected chi connectivity index (χ4v) is 4.94. The standard InChI is InChI=1S/C15H15ClN2O4S2/c1-23(19,20)18-8-7-11-9-13(5-6-15(11)18)17-24(21,22)14-4-2-3-12(16)10-14/h2-6,9-10,17H,7-8H2,1H3. The van der Waals surface area contributed by atoms with E-state index in [9.17, 15) is 16.8 Å². The van der Waals surface area contributed by atoms with E-state index in [1.165, 1.54) is 16.4 Å².